The number of fused-ring (bicyclic) bond motifs is 4. The number of carbonyl (C=O) groups excluding carboxylic acids is 2. The quantitative estimate of drug-likeness (QED) is 0.823. The molecule has 2 amide bonds. The Kier molecular flexibility index (Phi) is 4.74. The summed E-state index contributed by atoms with van der Waals surface area (Å²) in [7, 11) is 6.36. The Morgan fingerprint density at radius 3 is 2.40 bits per heavy atom. The van der Waals surface area contributed by atoms with Gasteiger partial charge in [-0.1, -0.05) is 0 Å². The van der Waals surface area contributed by atoms with E-state index in [0.717, 1.165) is 12.8 Å². The predicted octanol–water partition coefficient (Wildman–Crippen LogP) is 1.41. The second kappa shape index (κ2) is 6.82. The van der Waals surface area contributed by atoms with Crippen LogP contribution in [0.4, 0.5) is 0 Å². The van der Waals surface area contributed by atoms with Crippen molar-refractivity contribution in [2.75, 3.05) is 41.5 Å². The van der Waals surface area contributed by atoms with E-state index in [-0.39, 0.29) is 23.8 Å². The number of nitrogens with zero attached hydrogens (tertiary/aromatic N) is 2. The Morgan fingerprint density at radius 1 is 1.04 bits per heavy atom. The lowest BCUT2D eigenvalue weighted by molar-refractivity contribution is -0.138. The lowest BCUT2D eigenvalue weighted by Crippen LogP contribution is -2.45. The molecule has 1 aromatic carbocycles. The molecule has 25 heavy (non-hydrogen) atoms. The van der Waals surface area contributed by atoms with Crippen molar-refractivity contribution in [3.8, 4) is 17.2 Å². The number of hydrogen-bond donors (Lipinski definition) is 0. The van der Waals surface area contributed by atoms with Crippen LogP contribution >= 0.6 is 0 Å². The highest BCUT2D eigenvalue weighted by Crippen LogP contribution is 2.40. The summed E-state index contributed by atoms with van der Waals surface area (Å²) in [6.45, 7) is 0.977. The van der Waals surface area contributed by atoms with E-state index >= 15 is 0 Å². The second-order valence-electron chi connectivity index (χ2n) is 6.47. The SMILES string of the molecule is COc1ccc(C(=O)N2C[C@H]3CC[C@@H](C2)N(C)C3=O)c(OC)c1OC. The molecular formula is C18H24N2O5. The van der Waals surface area contributed by atoms with Gasteiger partial charge in [0.1, 0.15) is 0 Å². The van der Waals surface area contributed by atoms with E-state index < -0.39 is 0 Å². The zero-order valence-electron chi connectivity index (χ0n) is 15.1. The van der Waals surface area contributed by atoms with Gasteiger partial charge in [-0.15, -0.1) is 0 Å². The average Bonchev–Trinajstić information content (AvgIpc) is 2.92. The number of carbonyl (C=O) groups is 2. The Bertz CT molecular complexity index is 690. The molecule has 1 aromatic rings. The Morgan fingerprint density at radius 2 is 1.76 bits per heavy atom. The molecule has 7 nitrogen and oxygen atoms in total. The summed E-state index contributed by atoms with van der Waals surface area (Å²) in [5.74, 6) is 1.09. The van der Waals surface area contributed by atoms with Crippen LogP contribution < -0.4 is 14.2 Å². The minimum Gasteiger partial charge on any atom is -0.493 e. The summed E-state index contributed by atoms with van der Waals surface area (Å²) in [5, 5.41) is 0. The van der Waals surface area contributed by atoms with Crippen LogP contribution in [0.2, 0.25) is 0 Å². The van der Waals surface area contributed by atoms with Crippen LogP contribution in [0.5, 0.6) is 17.2 Å². The van der Waals surface area contributed by atoms with Gasteiger partial charge in [-0.25, -0.2) is 0 Å². The minimum atomic E-state index is -0.155. The fourth-order valence-corrected chi connectivity index (χ4v) is 3.76. The van der Waals surface area contributed by atoms with Crippen LogP contribution in [0, 0.1) is 5.92 Å². The van der Waals surface area contributed by atoms with E-state index in [4.69, 9.17) is 14.2 Å². The maximum atomic E-state index is 13.2. The summed E-state index contributed by atoms with van der Waals surface area (Å²) in [4.78, 5) is 29.0. The first-order valence-electron chi connectivity index (χ1n) is 8.36. The van der Waals surface area contributed by atoms with E-state index in [9.17, 15) is 9.59 Å². The highest BCUT2D eigenvalue weighted by Gasteiger charge is 2.40. The van der Waals surface area contributed by atoms with Crippen LogP contribution in [0.25, 0.3) is 0 Å². The van der Waals surface area contributed by atoms with Gasteiger partial charge in [0.25, 0.3) is 5.91 Å². The van der Waals surface area contributed by atoms with Crippen LogP contribution in [-0.2, 0) is 4.79 Å². The van der Waals surface area contributed by atoms with E-state index in [1.807, 2.05) is 7.05 Å². The fraction of sp³-hybridized carbons (Fsp3) is 0.556. The fourth-order valence-electron chi connectivity index (χ4n) is 3.76. The number of piperidine rings is 1. The zero-order valence-corrected chi connectivity index (χ0v) is 15.1. The van der Waals surface area contributed by atoms with Gasteiger partial charge in [0.05, 0.1) is 32.8 Å². The third-order valence-corrected chi connectivity index (χ3v) is 5.19. The van der Waals surface area contributed by atoms with Gasteiger partial charge in [0.2, 0.25) is 11.7 Å². The first-order chi connectivity index (χ1) is 12.0. The number of ether oxygens (including phenoxy) is 3. The predicted molar refractivity (Wildman–Crippen MR) is 91.3 cm³/mol. The van der Waals surface area contributed by atoms with Crippen LogP contribution in [0.15, 0.2) is 12.1 Å². The standard InChI is InChI=1S/C18H24N2O5/c1-19-12-6-5-11(17(19)21)9-20(10-12)18(22)13-7-8-14(23-2)16(25-4)15(13)24-3/h7-8,11-12H,5-6,9-10H2,1-4H3/t11-,12+/m1/s1. The number of amides is 2. The van der Waals surface area contributed by atoms with Crippen molar-refractivity contribution in [1.29, 1.82) is 0 Å². The van der Waals surface area contributed by atoms with Gasteiger partial charge < -0.3 is 24.0 Å². The Hall–Kier alpha value is -2.44. The van der Waals surface area contributed by atoms with Gasteiger partial charge in [0.15, 0.2) is 11.5 Å². The first kappa shape index (κ1) is 17.4. The molecular weight excluding hydrogens is 324 g/mol. The molecule has 0 radical (unpaired) electrons. The lowest BCUT2D eigenvalue weighted by Gasteiger charge is -2.32. The van der Waals surface area contributed by atoms with Crippen molar-refractivity contribution >= 4 is 11.8 Å². The van der Waals surface area contributed by atoms with Gasteiger partial charge >= 0.3 is 0 Å². The Balaban J connectivity index is 1.95. The molecule has 0 unspecified atom stereocenters. The monoisotopic (exact) mass is 348 g/mol. The van der Waals surface area contributed by atoms with Crippen molar-refractivity contribution in [2.24, 2.45) is 5.92 Å². The Labute approximate surface area is 147 Å². The molecule has 4 rings (SSSR count). The van der Waals surface area contributed by atoms with Gasteiger partial charge in [0, 0.05) is 26.2 Å². The van der Waals surface area contributed by atoms with Gasteiger partial charge in [-0.05, 0) is 25.0 Å². The third-order valence-electron chi connectivity index (χ3n) is 5.19. The summed E-state index contributed by atoms with van der Waals surface area (Å²) < 4.78 is 16.1. The van der Waals surface area contributed by atoms with Crippen molar-refractivity contribution in [1.82, 2.24) is 9.80 Å². The molecule has 0 N–H and O–H groups in total. The topological polar surface area (TPSA) is 68.3 Å². The van der Waals surface area contributed by atoms with Crippen LogP contribution in [-0.4, -0.2) is 69.1 Å². The first-order valence-corrected chi connectivity index (χ1v) is 8.36. The molecule has 3 aliphatic rings. The summed E-state index contributed by atoms with van der Waals surface area (Å²) >= 11 is 0. The normalized spacial score (nSPS) is 22.6. The molecule has 136 valence electrons. The number of benzene rings is 1. The second-order valence-corrected chi connectivity index (χ2v) is 6.47. The van der Waals surface area contributed by atoms with E-state index in [2.05, 4.69) is 0 Å². The zero-order chi connectivity index (χ0) is 18.1. The highest BCUT2D eigenvalue weighted by atomic mass is 16.5. The summed E-state index contributed by atoms with van der Waals surface area (Å²) in [5.41, 5.74) is 0.413. The van der Waals surface area contributed by atoms with Crippen molar-refractivity contribution in [2.45, 2.75) is 18.9 Å². The molecule has 3 heterocycles. The van der Waals surface area contributed by atoms with Gasteiger partial charge in [-0.2, -0.15) is 0 Å². The molecule has 3 fully saturated rings. The van der Waals surface area contributed by atoms with Crippen LogP contribution in [0.3, 0.4) is 0 Å². The molecule has 2 bridgehead atoms. The van der Waals surface area contributed by atoms with Crippen molar-refractivity contribution < 1.29 is 23.8 Å². The van der Waals surface area contributed by atoms with E-state index in [0.29, 0.717) is 35.9 Å². The molecule has 7 heteroatoms. The molecule has 0 aliphatic carbocycles. The number of methoxy groups -OCH3 is 3. The van der Waals surface area contributed by atoms with E-state index in [1.54, 1.807) is 21.9 Å². The van der Waals surface area contributed by atoms with Crippen LogP contribution in [0.1, 0.15) is 23.2 Å². The molecule has 2 atom stereocenters. The largest absolute Gasteiger partial charge is 0.493 e. The van der Waals surface area contributed by atoms with E-state index in [1.165, 1.54) is 21.3 Å². The maximum Gasteiger partial charge on any atom is 0.257 e. The molecule has 0 aromatic heterocycles. The van der Waals surface area contributed by atoms with Gasteiger partial charge in [-0.3, -0.25) is 9.59 Å². The average molecular weight is 348 g/mol. The molecule has 3 saturated heterocycles. The molecule has 0 spiro atoms. The lowest BCUT2D eigenvalue weighted by atomic mass is 9.95. The smallest absolute Gasteiger partial charge is 0.257 e. The van der Waals surface area contributed by atoms with Crippen molar-refractivity contribution in [3.63, 3.8) is 0 Å². The summed E-state index contributed by atoms with van der Waals surface area (Å²) in [6, 6.07) is 3.44. The molecule has 0 saturated carbocycles. The number of hydrogen-bond acceptors (Lipinski definition) is 5. The molecule has 3 aliphatic heterocycles. The van der Waals surface area contributed by atoms with Crippen molar-refractivity contribution in [3.05, 3.63) is 17.7 Å². The number of likely N-dealkylation sites (N-methyl/N-ethyl adjacent to an activating group) is 1. The summed E-state index contributed by atoms with van der Waals surface area (Å²) in [6.07, 6.45) is 1.76. The minimum absolute atomic E-state index is 0.0707. The number of rotatable bonds is 4. The highest BCUT2D eigenvalue weighted by molar-refractivity contribution is 5.99. The third kappa shape index (κ3) is 2.88. The maximum absolute atomic E-state index is 13.2.